The second-order valence-corrected chi connectivity index (χ2v) is 8.72. The zero-order valence-corrected chi connectivity index (χ0v) is 18.3. The molecule has 2 heterocycles. The van der Waals surface area contributed by atoms with Crippen molar-refractivity contribution in [2.75, 3.05) is 11.1 Å². The van der Waals surface area contributed by atoms with Crippen molar-refractivity contribution >= 4 is 40.6 Å². The van der Waals surface area contributed by atoms with Crippen LogP contribution in [0.3, 0.4) is 0 Å². The summed E-state index contributed by atoms with van der Waals surface area (Å²) in [6.07, 6.45) is 0.237. The molecule has 162 valence electrons. The number of hydrogen-bond acceptors (Lipinski definition) is 6. The van der Waals surface area contributed by atoms with E-state index in [0.29, 0.717) is 23.0 Å². The van der Waals surface area contributed by atoms with Crippen LogP contribution in [0.25, 0.3) is 16.4 Å². The molecule has 0 fully saturated rings. The first-order valence-electron chi connectivity index (χ1n) is 9.59. The molecular weight excluding hydrogens is 449 g/mol. The van der Waals surface area contributed by atoms with Crippen molar-refractivity contribution in [2.24, 2.45) is 5.73 Å². The molecule has 32 heavy (non-hydrogen) atoms. The summed E-state index contributed by atoms with van der Waals surface area (Å²) in [4.78, 5) is 30.1. The van der Waals surface area contributed by atoms with Gasteiger partial charge in [-0.2, -0.15) is 0 Å². The van der Waals surface area contributed by atoms with Crippen LogP contribution in [0.15, 0.2) is 70.9 Å². The molecule has 3 N–H and O–H groups in total. The van der Waals surface area contributed by atoms with E-state index in [2.05, 4.69) is 15.4 Å². The second kappa shape index (κ2) is 9.75. The van der Waals surface area contributed by atoms with Crippen LogP contribution in [-0.4, -0.2) is 32.3 Å². The van der Waals surface area contributed by atoms with Crippen molar-refractivity contribution in [3.05, 3.63) is 77.7 Å². The predicted molar refractivity (Wildman–Crippen MR) is 124 cm³/mol. The monoisotopic (exact) mass is 467 g/mol. The molecule has 0 radical (unpaired) electrons. The maximum Gasteiger partial charge on any atom is 0.295 e. The van der Waals surface area contributed by atoms with E-state index in [1.165, 1.54) is 39.9 Å². The first-order valence-corrected chi connectivity index (χ1v) is 11.5. The third-order valence-corrected chi connectivity index (χ3v) is 6.31. The number of nitrogens with two attached hydrogens (primary N) is 1. The summed E-state index contributed by atoms with van der Waals surface area (Å²) in [5.74, 6) is -0.255. The Morgan fingerprint density at radius 1 is 1.09 bits per heavy atom. The Morgan fingerprint density at radius 3 is 2.59 bits per heavy atom. The van der Waals surface area contributed by atoms with Crippen molar-refractivity contribution in [3.63, 3.8) is 0 Å². The highest BCUT2D eigenvalue weighted by molar-refractivity contribution is 7.99. The van der Waals surface area contributed by atoms with Gasteiger partial charge in [-0.1, -0.05) is 18.2 Å². The van der Waals surface area contributed by atoms with Gasteiger partial charge in [-0.05, 0) is 47.8 Å². The van der Waals surface area contributed by atoms with Crippen molar-refractivity contribution in [3.8, 4) is 16.4 Å². The number of primary amides is 1. The molecule has 0 unspecified atom stereocenters. The molecule has 0 aliphatic carbocycles. The Hall–Kier alpha value is -3.50. The Labute approximate surface area is 191 Å². The standard InChI is InChI=1S/C22H18FN5O2S2/c23-14-7-9-15(10-8-14)28-21(18-6-3-12-31-18)26-20(27-28)22(30)25-16-4-1-2-5-17(16)32-13-11-19(24)29/h1-10,12H,11,13H2,(H2,24,29)(H,25,30). The fourth-order valence-electron chi connectivity index (χ4n) is 2.87. The Balaban J connectivity index is 1.62. The molecule has 0 saturated carbocycles. The number of anilines is 1. The maximum atomic E-state index is 13.4. The first-order chi connectivity index (χ1) is 15.5. The van der Waals surface area contributed by atoms with Gasteiger partial charge in [0.1, 0.15) is 5.82 Å². The third-order valence-electron chi connectivity index (χ3n) is 4.36. The van der Waals surface area contributed by atoms with Crippen LogP contribution < -0.4 is 11.1 Å². The maximum absolute atomic E-state index is 13.4. The zero-order valence-electron chi connectivity index (χ0n) is 16.7. The van der Waals surface area contributed by atoms with Gasteiger partial charge in [0.2, 0.25) is 11.7 Å². The van der Waals surface area contributed by atoms with Gasteiger partial charge in [0.05, 0.1) is 16.3 Å². The third kappa shape index (κ3) is 5.04. The van der Waals surface area contributed by atoms with E-state index in [-0.39, 0.29) is 24.0 Å². The van der Waals surface area contributed by atoms with Crippen molar-refractivity contribution in [1.82, 2.24) is 14.8 Å². The van der Waals surface area contributed by atoms with Gasteiger partial charge >= 0.3 is 0 Å². The average Bonchev–Trinajstić information content (AvgIpc) is 3.45. The van der Waals surface area contributed by atoms with Gasteiger partial charge < -0.3 is 11.1 Å². The Kier molecular flexibility index (Phi) is 6.62. The van der Waals surface area contributed by atoms with E-state index in [1.54, 1.807) is 24.3 Å². The summed E-state index contributed by atoms with van der Waals surface area (Å²) < 4.78 is 14.9. The van der Waals surface area contributed by atoms with Crippen LogP contribution in [0.1, 0.15) is 17.0 Å². The lowest BCUT2D eigenvalue weighted by molar-refractivity contribution is -0.117. The van der Waals surface area contributed by atoms with Crippen LogP contribution in [0.4, 0.5) is 10.1 Å². The van der Waals surface area contributed by atoms with Gasteiger partial charge in [0.25, 0.3) is 5.91 Å². The fraction of sp³-hybridized carbons (Fsp3) is 0.0909. The van der Waals surface area contributed by atoms with Crippen LogP contribution >= 0.6 is 23.1 Å². The number of nitrogens with zero attached hydrogens (tertiary/aromatic N) is 3. The van der Waals surface area contributed by atoms with Gasteiger partial charge in [0, 0.05) is 17.1 Å². The average molecular weight is 468 g/mol. The van der Waals surface area contributed by atoms with E-state index < -0.39 is 5.91 Å². The van der Waals surface area contributed by atoms with Crippen LogP contribution in [0, 0.1) is 5.82 Å². The van der Waals surface area contributed by atoms with Crippen molar-refractivity contribution in [2.45, 2.75) is 11.3 Å². The van der Waals surface area contributed by atoms with E-state index in [1.807, 2.05) is 29.6 Å². The van der Waals surface area contributed by atoms with Gasteiger partial charge in [-0.3, -0.25) is 9.59 Å². The minimum Gasteiger partial charge on any atom is -0.370 e. The lowest BCUT2D eigenvalue weighted by atomic mass is 10.3. The molecule has 0 spiro atoms. The summed E-state index contributed by atoms with van der Waals surface area (Å²) in [7, 11) is 0. The molecular formula is C22H18FN5O2S2. The molecule has 4 aromatic rings. The molecule has 0 aliphatic rings. The quantitative estimate of drug-likeness (QED) is 0.375. The number of amides is 2. The summed E-state index contributed by atoms with van der Waals surface area (Å²) in [6, 6.07) is 16.8. The van der Waals surface area contributed by atoms with Crippen LogP contribution in [0.5, 0.6) is 0 Å². The molecule has 7 nitrogen and oxygen atoms in total. The molecule has 2 amide bonds. The van der Waals surface area contributed by atoms with Gasteiger partial charge in [-0.25, -0.2) is 14.1 Å². The number of hydrogen-bond donors (Lipinski definition) is 2. The zero-order chi connectivity index (χ0) is 22.5. The number of carbonyl (C=O) groups excluding carboxylic acids is 2. The summed E-state index contributed by atoms with van der Waals surface area (Å²) in [5, 5.41) is 9.13. The molecule has 2 aromatic heterocycles. The number of benzene rings is 2. The second-order valence-electron chi connectivity index (χ2n) is 6.64. The van der Waals surface area contributed by atoms with Crippen LogP contribution in [-0.2, 0) is 4.79 Å². The number of halogens is 1. The normalized spacial score (nSPS) is 10.8. The predicted octanol–water partition coefficient (Wildman–Crippen LogP) is 4.35. The Bertz CT molecular complexity index is 1240. The molecule has 0 aliphatic heterocycles. The molecule has 0 atom stereocenters. The molecule has 10 heteroatoms. The lowest BCUT2D eigenvalue weighted by Gasteiger charge is -2.09. The Morgan fingerprint density at radius 2 is 1.88 bits per heavy atom. The lowest BCUT2D eigenvalue weighted by Crippen LogP contribution is -2.15. The molecule has 2 aromatic carbocycles. The molecule has 0 bridgehead atoms. The van der Waals surface area contributed by atoms with Gasteiger partial charge in [0.15, 0.2) is 5.82 Å². The minimum absolute atomic E-state index is 0.0188. The van der Waals surface area contributed by atoms with Gasteiger partial charge in [-0.15, -0.1) is 28.2 Å². The van der Waals surface area contributed by atoms with E-state index in [4.69, 9.17) is 5.73 Å². The largest absolute Gasteiger partial charge is 0.370 e. The smallest absolute Gasteiger partial charge is 0.295 e. The van der Waals surface area contributed by atoms with Crippen LogP contribution in [0.2, 0.25) is 0 Å². The molecule has 4 rings (SSSR count). The van der Waals surface area contributed by atoms with E-state index >= 15 is 0 Å². The highest BCUT2D eigenvalue weighted by Crippen LogP contribution is 2.29. The summed E-state index contributed by atoms with van der Waals surface area (Å²) in [5.41, 5.74) is 6.38. The first kappa shape index (κ1) is 21.7. The van der Waals surface area contributed by atoms with Crippen molar-refractivity contribution < 1.29 is 14.0 Å². The number of nitrogens with one attached hydrogen (secondary N) is 1. The van der Waals surface area contributed by atoms with E-state index in [0.717, 1.165) is 9.77 Å². The fourth-order valence-corrected chi connectivity index (χ4v) is 4.54. The number of thioether (sulfide) groups is 1. The summed E-state index contributed by atoms with van der Waals surface area (Å²) in [6.45, 7) is 0. The topological polar surface area (TPSA) is 103 Å². The number of carbonyl (C=O) groups is 2. The number of rotatable bonds is 8. The van der Waals surface area contributed by atoms with Crippen molar-refractivity contribution in [1.29, 1.82) is 0 Å². The number of thiophene rings is 1. The number of aromatic nitrogens is 3. The SMILES string of the molecule is NC(=O)CCSc1ccccc1NC(=O)c1nc(-c2cccs2)n(-c2ccc(F)cc2)n1. The minimum atomic E-state index is -0.480. The highest BCUT2D eigenvalue weighted by atomic mass is 32.2. The number of para-hydroxylation sites is 1. The summed E-state index contributed by atoms with van der Waals surface area (Å²) >= 11 is 2.88. The molecule has 0 saturated heterocycles. The highest BCUT2D eigenvalue weighted by Gasteiger charge is 2.20. The van der Waals surface area contributed by atoms with E-state index in [9.17, 15) is 14.0 Å².